The maximum absolute atomic E-state index is 12.9. The Labute approximate surface area is 97.9 Å². The van der Waals surface area contributed by atoms with Gasteiger partial charge in [0.1, 0.15) is 12.1 Å². The second-order valence-electron chi connectivity index (χ2n) is 3.45. The van der Waals surface area contributed by atoms with E-state index < -0.39 is 0 Å². The second-order valence-corrected chi connectivity index (χ2v) is 4.56. The molecule has 82 valence electrons. The first-order valence-corrected chi connectivity index (χ1v) is 5.96. The van der Waals surface area contributed by atoms with E-state index in [2.05, 4.69) is 15.9 Å². The predicted octanol–water partition coefficient (Wildman–Crippen LogP) is 3.86. The lowest BCUT2D eigenvalue weighted by molar-refractivity contribution is -0.107. The third kappa shape index (κ3) is 4.56. The van der Waals surface area contributed by atoms with Crippen LogP contribution in [0.5, 0.6) is 0 Å². The molecule has 0 aliphatic heterocycles. The largest absolute Gasteiger partial charge is 0.303 e. The lowest BCUT2D eigenvalue weighted by atomic mass is 10.1. The average Bonchev–Trinajstić information content (AvgIpc) is 2.43. The van der Waals surface area contributed by atoms with Gasteiger partial charge in [0, 0.05) is 17.7 Å². The first-order valence-electron chi connectivity index (χ1n) is 5.04. The Kier molecular flexibility index (Phi) is 5.54. The smallest absolute Gasteiger partial charge is 0.119 e. The van der Waals surface area contributed by atoms with Crippen molar-refractivity contribution in [1.29, 1.82) is 0 Å². The number of aldehydes is 1. The van der Waals surface area contributed by atoms with Crippen LogP contribution in [0.2, 0.25) is 0 Å². The van der Waals surface area contributed by atoms with Crippen LogP contribution in [-0.2, 0) is 4.79 Å². The number of carbonyl (C=O) groups excluding carboxylic acids is 1. The van der Waals surface area contributed by atoms with Crippen molar-refractivity contribution in [2.24, 2.45) is 0 Å². The Morgan fingerprint density at radius 1 is 1.53 bits per heavy atom. The fourth-order valence-corrected chi connectivity index (χ4v) is 2.00. The van der Waals surface area contributed by atoms with Gasteiger partial charge in [-0.1, -0.05) is 34.2 Å². The van der Waals surface area contributed by atoms with E-state index in [0.717, 1.165) is 24.7 Å². The summed E-state index contributed by atoms with van der Waals surface area (Å²) in [6, 6.07) is 0. The van der Waals surface area contributed by atoms with Crippen molar-refractivity contribution in [2.75, 3.05) is 0 Å². The van der Waals surface area contributed by atoms with E-state index in [1.165, 1.54) is 6.08 Å². The molecule has 1 nitrogen and oxygen atoms in total. The van der Waals surface area contributed by atoms with Crippen molar-refractivity contribution in [3.8, 4) is 0 Å². The van der Waals surface area contributed by atoms with Crippen LogP contribution in [-0.4, -0.2) is 11.1 Å². The van der Waals surface area contributed by atoms with Gasteiger partial charge >= 0.3 is 0 Å². The zero-order valence-electron chi connectivity index (χ0n) is 8.46. The van der Waals surface area contributed by atoms with Crippen molar-refractivity contribution in [1.82, 2.24) is 0 Å². The number of unbranched alkanes of at least 4 members (excludes halogenated alkanes) is 1. The Bertz CT molecular complexity index is 305. The predicted molar refractivity (Wildman–Crippen MR) is 63.7 cm³/mol. The molecule has 0 aromatic heterocycles. The molecule has 0 fully saturated rings. The molecule has 0 amide bonds. The van der Waals surface area contributed by atoms with E-state index in [1.807, 2.05) is 12.2 Å². The van der Waals surface area contributed by atoms with Gasteiger partial charge in [-0.15, -0.1) is 0 Å². The van der Waals surface area contributed by atoms with Crippen LogP contribution in [0.15, 0.2) is 35.7 Å². The highest BCUT2D eigenvalue weighted by molar-refractivity contribution is 9.09. The molecule has 0 saturated carbocycles. The van der Waals surface area contributed by atoms with E-state index in [1.54, 1.807) is 6.08 Å². The quantitative estimate of drug-likeness (QED) is 0.422. The van der Waals surface area contributed by atoms with Gasteiger partial charge in [-0.2, -0.15) is 0 Å². The number of hydrogen-bond acceptors (Lipinski definition) is 1. The van der Waals surface area contributed by atoms with Crippen molar-refractivity contribution in [3.63, 3.8) is 0 Å². The number of allylic oxidation sites excluding steroid dienone is 6. The molecule has 1 rings (SSSR count). The molecule has 0 N–H and O–H groups in total. The molecule has 0 aromatic rings. The van der Waals surface area contributed by atoms with Crippen LogP contribution in [0.25, 0.3) is 0 Å². The van der Waals surface area contributed by atoms with Crippen molar-refractivity contribution < 1.29 is 9.18 Å². The molecule has 0 radical (unpaired) electrons. The normalized spacial score (nSPS) is 17.7. The van der Waals surface area contributed by atoms with Crippen LogP contribution in [0, 0.1) is 0 Å². The average molecular weight is 273 g/mol. The molecule has 15 heavy (non-hydrogen) atoms. The molecule has 0 heterocycles. The fraction of sp³-hybridized carbons (Fsp3) is 0.417. The number of halogens is 2. The van der Waals surface area contributed by atoms with Crippen LogP contribution in [0.3, 0.4) is 0 Å². The first-order chi connectivity index (χ1) is 7.24. The number of rotatable bonds is 5. The molecule has 1 unspecified atom stereocenters. The summed E-state index contributed by atoms with van der Waals surface area (Å²) < 4.78 is 12.9. The summed E-state index contributed by atoms with van der Waals surface area (Å²) in [7, 11) is 0. The molecule has 0 saturated heterocycles. The second kappa shape index (κ2) is 6.72. The van der Waals surface area contributed by atoms with Gasteiger partial charge in [0.25, 0.3) is 0 Å². The zero-order valence-corrected chi connectivity index (χ0v) is 10.0. The number of carbonyl (C=O) groups is 1. The maximum Gasteiger partial charge on any atom is 0.119 e. The van der Waals surface area contributed by atoms with Crippen molar-refractivity contribution >= 4 is 22.2 Å². The molecule has 1 aliphatic rings. The first kappa shape index (κ1) is 12.4. The third-order valence-electron chi connectivity index (χ3n) is 2.22. The third-order valence-corrected chi connectivity index (χ3v) is 3.21. The summed E-state index contributed by atoms with van der Waals surface area (Å²) >= 11 is 3.54. The Morgan fingerprint density at radius 2 is 2.33 bits per heavy atom. The van der Waals surface area contributed by atoms with Crippen LogP contribution in [0.4, 0.5) is 4.39 Å². The van der Waals surface area contributed by atoms with Crippen molar-refractivity contribution in [2.45, 2.75) is 30.5 Å². The highest BCUT2D eigenvalue weighted by atomic mass is 79.9. The van der Waals surface area contributed by atoms with Gasteiger partial charge in [-0.05, 0) is 24.5 Å². The van der Waals surface area contributed by atoms with Crippen LogP contribution in [0.1, 0.15) is 25.7 Å². The standard InChI is InChI=1S/C12H14BrFO/c13-12(6-1-2-9-15)10-4-3-5-11(14)8-7-10/h3-4,7-9,12H,1-2,5-6H2. The summed E-state index contributed by atoms with van der Waals surface area (Å²) in [5, 5.41) is 0. The lowest BCUT2D eigenvalue weighted by Gasteiger charge is -2.09. The maximum atomic E-state index is 12.9. The van der Waals surface area contributed by atoms with Gasteiger partial charge in [0.2, 0.25) is 0 Å². The molecular weight excluding hydrogens is 259 g/mol. The van der Waals surface area contributed by atoms with E-state index >= 15 is 0 Å². The zero-order chi connectivity index (χ0) is 11.1. The Hall–Kier alpha value is -0.700. The van der Waals surface area contributed by atoms with Crippen LogP contribution < -0.4 is 0 Å². The van der Waals surface area contributed by atoms with Crippen LogP contribution >= 0.6 is 15.9 Å². The van der Waals surface area contributed by atoms with Gasteiger partial charge in [0.05, 0.1) is 0 Å². The molecule has 3 heteroatoms. The molecule has 0 aromatic carbocycles. The van der Waals surface area contributed by atoms with E-state index in [9.17, 15) is 9.18 Å². The Morgan fingerprint density at radius 3 is 3.07 bits per heavy atom. The van der Waals surface area contributed by atoms with Gasteiger partial charge < -0.3 is 4.79 Å². The minimum absolute atomic E-state index is 0.117. The molecule has 1 atom stereocenters. The van der Waals surface area contributed by atoms with E-state index in [4.69, 9.17) is 0 Å². The fourth-order valence-electron chi connectivity index (χ4n) is 1.37. The number of hydrogen-bond donors (Lipinski definition) is 0. The minimum Gasteiger partial charge on any atom is -0.303 e. The van der Waals surface area contributed by atoms with Crippen molar-refractivity contribution in [3.05, 3.63) is 35.7 Å². The van der Waals surface area contributed by atoms with Gasteiger partial charge in [0.15, 0.2) is 0 Å². The lowest BCUT2D eigenvalue weighted by Crippen LogP contribution is -2.00. The Balaban J connectivity index is 2.51. The highest BCUT2D eigenvalue weighted by Gasteiger charge is 2.08. The topological polar surface area (TPSA) is 17.1 Å². The summed E-state index contributed by atoms with van der Waals surface area (Å²) in [6.07, 6.45) is 10.7. The highest BCUT2D eigenvalue weighted by Crippen LogP contribution is 2.23. The monoisotopic (exact) mass is 272 g/mol. The van der Waals surface area contributed by atoms with E-state index in [-0.39, 0.29) is 10.7 Å². The molecular formula is C12H14BrFO. The summed E-state index contributed by atoms with van der Waals surface area (Å²) in [5.74, 6) is -0.117. The van der Waals surface area contributed by atoms with Gasteiger partial charge in [-0.3, -0.25) is 0 Å². The summed E-state index contributed by atoms with van der Waals surface area (Å²) in [4.78, 5) is 10.4. The molecule has 0 spiro atoms. The van der Waals surface area contributed by atoms with Gasteiger partial charge in [-0.25, -0.2) is 4.39 Å². The minimum atomic E-state index is -0.117. The van der Waals surface area contributed by atoms with E-state index in [0.29, 0.717) is 12.8 Å². The molecule has 0 bridgehead atoms. The summed E-state index contributed by atoms with van der Waals surface area (Å²) in [6.45, 7) is 0. The molecule has 1 aliphatic carbocycles. The number of alkyl halides is 1. The SMILES string of the molecule is O=CCCCC(Br)C1=CC=C(F)CC=C1. The summed E-state index contributed by atoms with van der Waals surface area (Å²) in [5.41, 5.74) is 1.06.